The molecule has 0 fully saturated rings. The van der Waals surface area contributed by atoms with Gasteiger partial charge in [0.15, 0.2) is 0 Å². The van der Waals surface area contributed by atoms with E-state index in [1.54, 1.807) is 12.1 Å². The highest BCUT2D eigenvalue weighted by atomic mass is 32.1. The van der Waals surface area contributed by atoms with Gasteiger partial charge in [-0.05, 0) is 44.5 Å². The van der Waals surface area contributed by atoms with Gasteiger partial charge in [0.25, 0.3) is 5.69 Å². The van der Waals surface area contributed by atoms with E-state index >= 15 is 0 Å². The average Bonchev–Trinajstić information content (AvgIpc) is 3.32. The van der Waals surface area contributed by atoms with Gasteiger partial charge in [0, 0.05) is 28.6 Å². The number of non-ortho nitro benzene ring substituents is 1. The third-order valence-corrected chi connectivity index (χ3v) is 6.55. The lowest BCUT2D eigenvalue weighted by atomic mass is 9.92. The molecule has 0 aliphatic carbocycles. The maximum Gasteiger partial charge on any atom is 0.269 e. The molecule has 0 saturated heterocycles. The summed E-state index contributed by atoms with van der Waals surface area (Å²) < 4.78 is 0. The molecule has 0 atom stereocenters. The number of hydrogen-bond donors (Lipinski definition) is 1. The normalized spacial score (nSPS) is 11.8. The second-order valence-corrected chi connectivity index (χ2v) is 8.58. The molecule has 0 amide bonds. The molecule has 0 spiro atoms. The number of nitro benzene ring substituents is 1. The molecule has 0 aliphatic rings. The highest BCUT2D eigenvalue weighted by Crippen LogP contribution is 2.35. The van der Waals surface area contributed by atoms with Crippen LogP contribution in [0.15, 0.2) is 89.3 Å². The summed E-state index contributed by atoms with van der Waals surface area (Å²) in [4.78, 5) is 15.0. The van der Waals surface area contributed by atoms with Crippen molar-refractivity contribution in [3.63, 3.8) is 0 Å². The van der Waals surface area contributed by atoms with E-state index in [-0.39, 0.29) is 5.69 Å². The van der Waals surface area contributed by atoms with Gasteiger partial charge in [-0.2, -0.15) is 5.10 Å². The monoisotopic (exact) mass is 448 g/mol. The van der Waals surface area contributed by atoms with Gasteiger partial charge >= 0.3 is 0 Å². The first-order valence-corrected chi connectivity index (χ1v) is 11.2. The van der Waals surface area contributed by atoms with Gasteiger partial charge in [0.05, 0.1) is 16.8 Å². The van der Waals surface area contributed by atoms with Crippen LogP contribution in [0, 0.1) is 10.1 Å². The number of anilines is 1. The third-order valence-electron chi connectivity index (χ3n) is 5.80. The van der Waals surface area contributed by atoms with Crippen molar-refractivity contribution in [3.8, 4) is 11.3 Å². The molecule has 6 nitrogen and oxygen atoms in total. The molecule has 158 valence electrons. The predicted molar refractivity (Wildman–Crippen MR) is 136 cm³/mol. The number of thiazole rings is 1. The van der Waals surface area contributed by atoms with E-state index in [9.17, 15) is 10.1 Å². The lowest BCUT2D eigenvalue weighted by Gasteiger charge is -2.12. The Bertz CT molecular complexity index is 1660. The first-order valence-electron chi connectivity index (χ1n) is 10.3. The molecule has 1 N–H and O–H groups in total. The molecule has 7 heteroatoms. The summed E-state index contributed by atoms with van der Waals surface area (Å²) in [5, 5.41) is 25.2. The van der Waals surface area contributed by atoms with Crippen molar-refractivity contribution in [2.75, 3.05) is 5.43 Å². The Hall–Kier alpha value is -4.36. The van der Waals surface area contributed by atoms with Crippen LogP contribution >= 0.6 is 11.3 Å². The molecule has 0 aliphatic heterocycles. The van der Waals surface area contributed by atoms with Crippen molar-refractivity contribution < 1.29 is 4.92 Å². The van der Waals surface area contributed by atoms with Crippen molar-refractivity contribution in [1.82, 2.24) is 4.98 Å². The minimum atomic E-state index is -0.411. The van der Waals surface area contributed by atoms with Crippen LogP contribution in [0.3, 0.4) is 0 Å². The first kappa shape index (κ1) is 19.3. The van der Waals surface area contributed by atoms with Crippen molar-refractivity contribution in [1.29, 1.82) is 0 Å². The Labute approximate surface area is 192 Å². The van der Waals surface area contributed by atoms with Crippen molar-refractivity contribution in [3.05, 3.63) is 99.9 Å². The van der Waals surface area contributed by atoms with E-state index in [0.29, 0.717) is 5.13 Å². The van der Waals surface area contributed by atoms with Crippen molar-refractivity contribution in [2.24, 2.45) is 5.10 Å². The zero-order valence-corrected chi connectivity index (χ0v) is 18.0. The van der Waals surface area contributed by atoms with Gasteiger partial charge in [-0.1, -0.05) is 54.6 Å². The van der Waals surface area contributed by atoms with Crippen LogP contribution in [-0.2, 0) is 0 Å². The molecule has 33 heavy (non-hydrogen) atoms. The van der Waals surface area contributed by atoms with Gasteiger partial charge in [-0.15, -0.1) is 11.3 Å². The van der Waals surface area contributed by atoms with Crippen LogP contribution in [0.4, 0.5) is 10.8 Å². The lowest BCUT2D eigenvalue weighted by molar-refractivity contribution is -0.384. The fraction of sp³-hybridized carbons (Fsp3) is 0. The molecule has 0 bridgehead atoms. The highest BCUT2D eigenvalue weighted by molar-refractivity contribution is 7.14. The summed E-state index contributed by atoms with van der Waals surface area (Å²) in [6.07, 6.45) is 1.82. The number of nitro groups is 1. The van der Waals surface area contributed by atoms with E-state index in [1.807, 2.05) is 11.6 Å². The van der Waals surface area contributed by atoms with E-state index < -0.39 is 4.92 Å². The largest absolute Gasteiger partial charge is 0.269 e. The van der Waals surface area contributed by atoms with E-state index in [4.69, 9.17) is 0 Å². The Morgan fingerprint density at radius 2 is 1.58 bits per heavy atom. The molecule has 0 radical (unpaired) electrons. The molecular formula is C26H16N4O2S. The number of aromatic nitrogens is 1. The quantitative estimate of drug-likeness (QED) is 0.132. The Kier molecular flexibility index (Phi) is 4.48. The maximum absolute atomic E-state index is 10.8. The summed E-state index contributed by atoms with van der Waals surface area (Å²) in [6.45, 7) is 0. The van der Waals surface area contributed by atoms with E-state index in [0.717, 1.165) is 22.2 Å². The second kappa shape index (κ2) is 7.65. The first-order chi connectivity index (χ1) is 16.2. The number of nitrogens with zero attached hydrogens (tertiary/aromatic N) is 3. The van der Waals surface area contributed by atoms with E-state index in [1.165, 1.54) is 50.4 Å². The number of rotatable bonds is 5. The van der Waals surface area contributed by atoms with Gasteiger partial charge in [-0.3, -0.25) is 15.5 Å². The van der Waals surface area contributed by atoms with Crippen molar-refractivity contribution >= 4 is 60.7 Å². The van der Waals surface area contributed by atoms with Crippen LogP contribution in [0.25, 0.3) is 43.6 Å². The number of hydrogen-bond acceptors (Lipinski definition) is 6. The summed E-state index contributed by atoms with van der Waals surface area (Å²) in [7, 11) is 0. The Balaban J connectivity index is 1.29. The fourth-order valence-electron chi connectivity index (χ4n) is 4.24. The van der Waals surface area contributed by atoms with Crippen molar-refractivity contribution in [2.45, 2.75) is 0 Å². The summed E-state index contributed by atoms with van der Waals surface area (Å²) in [6, 6.07) is 25.6. The third kappa shape index (κ3) is 3.35. The molecule has 6 aromatic rings. The molecule has 0 saturated carbocycles. The maximum atomic E-state index is 10.8. The Morgan fingerprint density at radius 1 is 0.879 bits per heavy atom. The van der Waals surface area contributed by atoms with Crippen LogP contribution in [0.2, 0.25) is 0 Å². The number of nitrogens with one attached hydrogen (secondary N) is 1. The second-order valence-electron chi connectivity index (χ2n) is 7.72. The lowest BCUT2D eigenvalue weighted by Crippen LogP contribution is -1.93. The Morgan fingerprint density at radius 3 is 2.33 bits per heavy atom. The van der Waals surface area contributed by atoms with Gasteiger partial charge in [0.1, 0.15) is 0 Å². The summed E-state index contributed by atoms with van der Waals surface area (Å²) in [5.74, 6) is 0. The molecule has 1 aromatic heterocycles. The van der Waals surface area contributed by atoms with Crippen LogP contribution in [0.5, 0.6) is 0 Å². The van der Waals surface area contributed by atoms with Gasteiger partial charge in [-0.25, -0.2) is 4.98 Å². The van der Waals surface area contributed by atoms with Gasteiger partial charge in [0.2, 0.25) is 5.13 Å². The van der Waals surface area contributed by atoms with Crippen LogP contribution in [-0.4, -0.2) is 16.1 Å². The SMILES string of the molecule is O=[N+]([O-])c1ccc(-c2csc(N/N=C/c3ccc4ccc5cccc6ccc3c4c56)n2)cc1. The van der Waals surface area contributed by atoms with Crippen LogP contribution in [0.1, 0.15) is 5.56 Å². The standard InChI is InChI=1S/C26H16N4O2S/c31-30(32)21-11-8-16(9-12-21)23-15-33-26(28-23)29-27-14-20-7-6-19-5-4-17-2-1-3-18-10-13-22(20)25(19)24(17)18/h1-15H,(H,28,29)/b27-14+. The summed E-state index contributed by atoms with van der Waals surface area (Å²) >= 11 is 1.43. The minimum absolute atomic E-state index is 0.0604. The van der Waals surface area contributed by atoms with E-state index in [2.05, 4.69) is 70.1 Å². The zero-order valence-electron chi connectivity index (χ0n) is 17.2. The summed E-state index contributed by atoms with van der Waals surface area (Å²) in [5.41, 5.74) is 5.66. The molecule has 5 aromatic carbocycles. The number of benzene rings is 5. The average molecular weight is 449 g/mol. The molecule has 6 rings (SSSR count). The highest BCUT2D eigenvalue weighted by Gasteiger charge is 2.10. The zero-order chi connectivity index (χ0) is 22.4. The minimum Gasteiger partial charge on any atom is -0.258 e. The molecular weight excluding hydrogens is 432 g/mol. The predicted octanol–water partition coefficient (Wildman–Crippen LogP) is 7.06. The molecule has 1 heterocycles. The fourth-order valence-corrected chi connectivity index (χ4v) is 4.91. The number of hydrazone groups is 1. The molecule has 0 unspecified atom stereocenters. The topological polar surface area (TPSA) is 80.4 Å². The smallest absolute Gasteiger partial charge is 0.258 e. The van der Waals surface area contributed by atoms with Crippen LogP contribution < -0.4 is 5.43 Å². The van der Waals surface area contributed by atoms with Gasteiger partial charge < -0.3 is 0 Å².